The highest BCUT2D eigenvalue weighted by atomic mass is 16.5. The predicted molar refractivity (Wildman–Crippen MR) is 63.5 cm³/mol. The Morgan fingerprint density at radius 2 is 1.82 bits per heavy atom. The van der Waals surface area contributed by atoms with Crippen LogP contribution in [0.3, 0.4) is 0 Å². The molecule has 0 aliphatic heterocycles. The van der Waals surface area contributed by atoms with Gasteiger partial charge < -0.3 is 4.74 Å². The fraction of sp³-hybridized carbons (Fsp3) is 0.417. The lowest BCUT2D eigenvalue weighted by Crippen LogP contribution is -2.39. The molecule has 2 aromatic rings. The van der Waals surface area contributed by atoms with Gasteiger partial charge in [0.15, 0.2) is 5.54 Å². The van der Waals surface area contributed by atoms with Gasteiger partial charge in [0, 0.05) is 0 Å². The minimum Gasteiger partial charge on any atom is -0.464 e. The van der Waals surface area contributed by atoms with Crippen molar-refractivity contribution >= 4 is 17.0 Å². The highest BCUT2D eigenvalue weighted by molar-refractivity contribution is 5.79. The molecule has 0 N–H and O–H groups in total. The zero-order chi connectivity index (χ0) is 12.5. The number of fused-ring (bicyclic) bond motifs is 1. The molecular formula is C12H15N3O2. The van der Waals surface area contributed by atoms with Crippen molar-refractivity contribution in [2.24, 2.45) is 0 Å². The van der Waals surface area contributed by atoms with Gasteiger partial charge in [-0.2, -0.15) is 15.0 Å². The Balaban J connectivity index is 2.41. The third kappa shape index (κ3) is 2.00. The maximum Gasteiger partial charge on any atom is 0.335 e. The topological polar surface area (TPSA) is 57.0 Å². The first-order valence-corrected chi connectivity index (χ1v) is 5.55. The van der Waals surface area contributed by atoms with E-state index >= 15 is 0 Å². The largest absolute Gasteiger partial charge is 0.464 e. The van der Waals surface area contributed by atoms with Crippen molar-refractivity contribution in [2.75, 3.05) is 6.61 Å². The molecule has 2 rings (SSSR count). The molecule has 0 aliphatic carbocycles. The van der Waals surface area contributed by atoms with E-state index in [1.807, 2.05) is 24.3 Å². The van der Waals surface area contributed by atoms with Crippen LogP contribution in [-0.2, 0) is 15.1 Å². The highest BCUT2D eigenvalue weighted by Crippen LogP contribution is 2.17. The second kappa shape index (κ2) is 4.16. The lowest BCUT2D eigenvalue weighted by molar-refractivity contribution is -0.153. The average molecular weight is 233 g/mol. The number of ether oxygens (including phenoxy) is 1. The second-order valence-electron chi connectivity index (χ2n) is 4.26. The van der Waals surface area contributed by atoms with Gasteiger partial charge >= 0.3 is 5.97 Å². The van der Waals surface area contributed by atoms with Crippen LogP contribution in [0.25, 0.3) is 11.0 Å². The minimum absolute atomic E-state index is 0.333. The molecule has 0 saturated carbocycles. The van der Waals surface area contributed by atoms with Crippen molar-refractivity contribution in [1.82, 2.24) is 15.0 Å². The van der Waals surface area contributed by atoms with Crippen LogP contribution >= 0.6 is 0 Å². The Morgan fingerprint density at radius 3 is 2.29 bits per heavy atom. The van der Waals surface area contributed by atoms with Crippen molar-refractivity contribution in [3.05, 3.63) is 24.3 Å². The molecule has 0 bridgehead atoms. The summed E-state index contributed by atoms with van der Waals surface area (Å²) in [5.41, 5.74) is 0.643. The van der Waals surface area contributed by atoms with E-state index in [-0.39, 0.29) is 5.97 Å². The van der Waals surface area contributed by atoms with E-state index in [0.29, 0.717) is 6.61 Å². The Labute approximate surface area is 99.4 Å². The van der Waals surface area contributed by atoms with Crippen LogP contribution in [0.2, 0.25) is 0 Å². The van der Waals surface area contributed by atoms with Crippen molar-refractivity contribution in [3.8, 4) is 0 Å². The lowest BCUT2D eigenvalue weighted by Gasteiger charge is -2.20. The number of nitrogens with zero attached hydrogens (tertiary/aromatic N) is 3. The van der Waals surface area contributed by atoms with Gasteiger partial charge in [-0.3, -0.25) is 0 Å². The Kier molecular flexibility index (Phi) is 2.83. The summed E-state index contributed by atoms with van der Waals surface area (Å²) in [7, 11) is 0. The number of hydrogen-bond acceptors (Lipinski definition) is 4. The molecule has 0 aliphatic rings. The van der Waals surface area contributed by atoms with Crippen LogP contribution in [-0.4, -0.2) is 27.6 Å². The maximum absolute atomic E-state index is 11.8. The van der Waals surface area contributed by atoms with Gasteiger partial charge in [-0.05, 0) is 32.9 Å². The molecule has 1 heterocycles. The van der Waals surface area contributed by atoms with Crippen LogP contribution in [0.15, 0.2) is 24.3 Å². The van der Waals surface area contributed by atoms with Crippen molar-refractivity contribution in [2.45, 2.75) is 26.3 Å². The summed E-state index contributed by atoms with van der Waals surface area (Å²) < 4.78 is 5.02. The molecule has 0 unspecified atom stereocenters. The zero-order valence-electron chi connectivity index (χ0n) is 10.2. The summed E-state index contributed by atoms with van der Waals surface area (Å²) in [5, 5.41) is 8.58. The molecular weight excluding hydrogens is 218 g/mol. The first-order chi connectivity index (χ1) is 8.05. The number of carbonyl (C=O) groups excluding carboxylic acids is 1. The normalized spacial score (nSPS) is 11.7. The molecule has 0 radical (unpaired) electrons. The smallest absolute Gasteiger partial charge is 0.335 e. The van der Waals surface area contributed by atoms with Gasteiger partial charge in [0.2, 0.25) is 0 Å². The van der Waals surface area contributed by atoms with E-state index in [1.165, 1.54) is 4.80 Å². The van der Waals surface area contributed by atoms with Crippen LogP contribution in [0.4, 0.5) is 0 Å². The van der Waals surface area contributed by atoms with Gasteiger partial charge in [0.1, 0.15) is 11.0 Å². The first-order valence-electron chi connectivity index (χ1n) is 5.55. The minimum atomic E-state index is -0.894. The Morgan fingerprint density at radius 1 is 1.29 bits per heavy atom. The SMILES string of the molecule is CCOC(=O)C(C)(C)n1nc2ccccc2n1. The zero-order valence-corrected chi connectivity index (χ0v) is 10.2. The Hall–Kier alpha value is -1.91. The summed E-state index contributed by atoms with van der Waals surface area (Å²) in [4.78, 5) is 13.2. The van der Waals surface area contributed by atoms with Gasteiger partial charge in [-0.15, -0.1) is 0 Å². The summed E-state index contributed by atoms with van der Waals surface area (Å²) in [6.45, 7) is 5.61. The molecule has 90 valence electrons. The summed E-state index contributed by atoms with van der Waals surface area (Å²) in [6, 6.07) is 7.50. The number of benzene rings is 1. The third-order valence-electron chi connectivity index (χ3n) is 2.56. The average Bonchev–Trinajstić information content (AvgIpc) is 2.73. The number of rotatable bonds is 3. The molecule has 17 heavy (non-hydrogen) atoms. The Bertz CT molecular complexity index is 512. The van der Waals surface area contributed by atoms with Crippen molar-refractivity contribution in [1.29, 1.82) is 0 Å². The molecule has 0 spiro atoms. The van der Waals surface area contributed by atoms with E-state index in [2.05, 4.69) is 10.2 Å². The molecule has 0 saturated heterocycles. The standard InChI is InChI=1S/C12H15N3O2/c1-4-17-11(16)12(2,3)15-13-9-7-5-6-8-10(9)14-15/h5-8H,4H2,1-3H3. The van der Waals surface area contributed by atoms with E-state index in [0.717, 1.165) is 11.0 Å². The predicted octanol–water partition coefficient (Wildman–Crippen LogP) is 1.73. The maximum atomic E-state index is 11.8. The summed E-state index contributed by atoms with van der Waals surface area (Å²) >= 11 is 0. The van der Waals surface area contributed by atoms with Crippen LogP contribution in [0, 0.1) is 0 Å². The van der Waals surface area contributed by atoms with Gasteiger partial charge in [-0.1, -0.05) is 12.1 Å². The molecule has 0 fully saturated rings. The van der Waals surface area contributed by atoms with E-state index < -0.39 is 5.54 Å². The molecule has 1 aromatic heterocycles. The highest BCUT2D eigenvalue weighted by Gasteiger charge is 2.33. The van der Waals surface area contributed by atoms with Gasteiger partial charge in [-0.25, -0.2) is 4.79 Å². The number of aromatic nitrogens is 3. The molecule has 0 atom stereocenters. The van der Waals surface area contributed by atoms with E-state index in [4.69, 9.17) is 4.74 Å². The van der Waals surface area contributed by atoms with Crippen LogP contribution in [0.1, 0.15) is 20.8 Å². The van der Waals surface area contributed by atoms with Crippen molar-refractivity contribution < 1.29 is 9.53 Å². The first kappa shape index (κ1) is 11.6. The van der Waals surface area contributed by atoms with Crippen LogP contribution in [0.5, 0.6) is 0 Å². The van der Waals surface area contributed by atoms with Crippen LogP contribution < -0.4 is 0 Å². The number of esters is 1. The lowest BCUT2D eigenvalue weighted by atomic mass is 10.1. The molecule has 5 heteroatoms. The quantitative estimate of drug-likeness (QED) is 0.757. The van der Waals surface area contributed by atoms with Gasteiger partial charge in [0.05, 0.1) is 6.61 Å². The monoisotopic (exact) mass is 233 g/mol. The van der Waals surface area contributed by atoms with E-state index in [9.17, 15) is 4.79 Å². The summed E-state index contributed by atoms with van der Waals surface area (Å²) in [6.07, 6.45) is 0. The molecule has 1 aromatic carbocycles. The fourth-order valence-electron chi connectivity index (χ4n) is 1.50. The van der Waals surface area contributed by atoms with Gasteiger partial charge in [0.25, 0.3) is 0 Å². The number of hydrogen-bond donors (Lipinski definition) is 0. The second-order valence-corrected chi connectivity index (χ2v) is 4.26. The molecule has 5 nitrogen and oxygen atoms in total. The summed E-state index contributed by atoms with van der Waals surface area (Å²) in [5.74, 6) is -0.333. The third-order valence-corrected chi connectivity index (χ3v) is 2.56. The van der Waals surface area contributed by atoms with E-state index in [1.54, 1.807) is 20.8 Å². The fourth-order valence-corrected chi connectivity index (χ4v) is 1.50. The molecule has 0 amide bonds. The number of carbonyl (C=O) groups is 1. The van der Waals surface area contributed by atoms with Crippen molar-refractivity contribution in [3.63, 3.8) is 0 Å².